The van der Waals surface area contributed by atoms with Crippen molar-refractivity contribution in [3.63, 3.8) is 0 Å². The first-order valence-corrected chi connectivity index (χ1v) is 7.29. The molecule has 2 unspecified atom stereocenters. The molecule has 0 saturated carbocycles. The molecule has 0 heterocycles. The molecular weight excluding hydrogens is 238 g/mol. The Labute approximate surface area is 116 Å². The monoisotopic (exact) mass is 265 g/mol. The number of aliphatic hydroxyl groups is 1. The smallest absolute Gasteiger partial charge is 0.122 e. The van der Waals surface area contributed by atoms with Crippen molar-refractivity contribution < 1.29 is 9.84 Å². The molecule has 3 nitrogen and oxygen atoms in total. The molecule has 1 aromatic carbocycles. The minimum atomic E-state index is -0.440. The summed E-state index contributed by atoms with van der Waals surface area (Å²) in [6, 6.07) is 6.37. The summed E-state index contributed by atoms with van der Waals surface area (Å²) < 4.78 is 5.72. The van der Waals surface area contributed by atoms with Crippen LogP contribution in [0.1, 0.15) is 50.7 Å². The molecular formula is C16H27NO2. The SMILES string of the molecule is CCOc1ccc(CC)cc1C(CC)CC(O)CN. The van der Waals surface area contributed by atoms with Crippen molar-refractivity contribution in [2.24, 2.45) is 5.73 Å². The van der Waals surface area contributed by atoms with Gasteiger partial charge in [-0.15, -0.1) is 0 Å². The molecule has 0 fully saturated rings. The highest BCUT2D eigenvalue weighted by molar-refractivity contribution is 5.40. The Balaban J connectivity index is 3.03. The molecule has 1 rings (SSSR count). The molecule has 19 heavy (non-hydrogen) atoms. The van der Waals surface area contributed by atoms with Gasteiger partial charge in [-0.25, -0.2) is 0 Å². The van der Waals surface area contributed by atoms with Crippen LogP contribution in [0.25, 0.3) is 0 Å². The van der Waals surface area contributed by atoms with E-state index in [0.717, 1.165) is 18.6 Å². The lowest BCUT2D eigenvalue weighted by molar-refractivity contribution is 0.161. The number of rotatable bonds is 8. The maximum atomic E-state index is 9.80. The maximum Gasteiger partial charge on any atom is 0.122 e. The summed E-state index contributed by atoms with van der Waals surface area (Å²) >= 11 is 0. The van der Waals surface area contributed by atoms with E-state index in [1.54, 1.807) is 0 Å². The molecule has 0 aliphatic carbocycles. The number of nitrogens with two attached hydrogens (primary N) is 1. The predicted molar refractivity (Wildman–Crippen MR) is 79.7 cm³/mol. The zero-order valence-corrected chi connectivity index (χ0v) is 12.4. The fraction of sp³-hybridized carbons (Fsp3) is 0.625. The van der Waals surface area contributed by atoms with Crippen molar-refractivity contribution in [1.82, 2.24) is 0 Å². The normalized spacial score (nSPS) is 14.2. The molecule has 0 aliphatic rings. The number of hydrogen-bond donors (Lipinski definition) is 2. The average Bonchev–Trinajstić information content (AvgIpc) is 2.45. The van der Waals surface area contributed by atoms with Gasteiger partial charge in [0.2, 0.25) is 0 Å². The second-order valence-corrected chi connectivity index (χ2v) is 4.89. The Bertz CT molecular complexity index is 379. The van der Waals surface area contributed by atoms with Crippen LogP contribution < -0.4 is 10.5 Å². The summed E-state index contributed by atoms with van der Waals surface area (Å²) in [5.74, 6) is 1.24. The first kappa shape index (κ1) is 16.0. The Hall–Kier alpha value is -1.06. The molecule has 3 N–H and O–H groups in total. The quantitative estimate of drug-likeness (QED) is 0.760. The van der Waals surface area contributed by atoms with Crippen molar-refractivity contribution in [3.8, 4) is 5.75 Å². The number of ether oxygens (including phenoxy) is 1. The van der Waals surface area contributed by atoms with Gasteiger partial charge in [-0.05, 0) is 49.3 Å². The Kier molecular flexibility index (Phi) is 6.89. The van der Waals surface area contributed by atoms with E-state index in [2.05, 4.69) is 32.0 Å². The van der Waals surface area contributed by atoms with E-state index < -0.39 is 6.10 Å². The van der Waals surface area contributed by atoms with Crippen LogP contribution in [0.2, 0.25) is 0 Å². The lowest BCUT2D eigenvalue weighted by Crippen LogP contribution is -2.22. The van der Waals surface area contributed by atoms with Gasteiger partial charge in [-0.3, -0.25) is 0 Å². The second kappa shape index (κ2) is 8.18. The summed E-state index contributed by atoms with van der Waals surface area (Å²) in [6.45, 7) is 7.26. The van der Waals surface area contributed by atoms with Gasteiger partial charge >= 0.3 is 0 Å². The van der Waals surface area contributed by atoms with Gasteiger partial charge in [0.25, 0.3) is 0 Å². The maximum absolute atomic E-state index is 9.80. The minimum absolute atomic E-state index is 0.298. The van der Waals surface area contributed by atoms with Crippen LogP contribution in [-0.2, 0) is 6.42 Å². The molecule has 0 spiro atoms. The van der Waals surface area contributed by atoms with Gasteiger partial charge in [0.05, 0.1) is 12.7 Å². The second-order valence-electron chi connectivity index (χ2n) is 4.89. The fourth-order valence-corrected chi connectivity index (χ4v) is 2.36. The zero-order chi connectivity index (χ0) is 14.3. The van der Waals surface area contributed by atoms with Gasteiger partial charge in [0, 0.05) is 6.54 Å². The third-order valence-corrected chi connectivity index (χ3v) is 3.54. The molecule has 0 bridgehead atoms. The minimum Gasteiger partial charge on any atom is -0.494 e. The van der Waals surface area contributed by atoms with Crippen LogP contribution in [0.15, 0.2) is 18.2 Å². The van der Waals surface area contributed by atoms with Crippen LogP contribution in [0, 0.1) is 0 Å². The lowest BCUT2D eigenvalue weighted by Gasteiger charge is -2.22. The number of aliphatic hydroxyl groups excluding tert-OH is 1. The Morgan fingerprint density at radius 2 is 2.00 bits per heavy atom. The third-order valence-electron chi connectivity index (χ3n) is 3.54. The van der Waals surface area contributed by atoms with E-state index in [1.165, 1.54) is 11.1 Å². The topological polar surface area (TPSA) is 55.5 Å². The molecule has 2 atom stereocenters. The van der Waals surface area contributed by atoms with E-state index in [1.807, 2.05) is 6.92 Å². The number of hydrogen-bond acceptors (Lipinski definition) is 3. The summed E-state index contributed by atoms with van der Waals surface area (Å²) in [4.78, 5) is 0. The van der Waals surface area contributed by atoms with Gasteiger partial charge in [0.15, 0.2) is 0 Å². The van der Waals surface area contributed by atoms with E-state index >= 15 is 0 Å². The highest BCUT2D eigenvalue weighted by Gasteiger charge is 2.18. The Morgan fingerprint density at radius 3 is 2.53 bits per heavy atom. The predicted octanol–water partition coefficient (Wildman–Crippen LogP) is 2.85. The van der Waals surface area contributed by atoms with Gasteiger partial charge < -0.3 is 15.6 Å². The van der Waals surface area contributed by atoms with Crippen LogP contribution in [0.4, 0.5) is 0 Å². The van der Waals surface area contributed by atoms with Crippen LogP contribution >= 0.6 is 0 Å². The summed E-state index contributed by atoms with van der Waals surface area (Å²) in [5.41, 5.74) is 8.03. The number of aryl methyl sites for hydroxylation is 1. The summed E-state index contributed by atoms with van der Waals surface area (Å²) in [7, 11) is 0. The van der Waals surface area contributed by atoms with Gasteiger partial charge in [-0.2, -0.15) is 0 Å². The molecule has 0 saturated heterocycles. The van der Waals surface area contributed by atoms with E-state index in [9.17, 15) is 5.11 Å². The van der Waals surface area contributed by atoms with Crippen molar-refractivity contribution in [3.05, 3.63) is 29.3 Å². The lowest BCUT2D eigenvalue weighted by atomic mass is 9.88. The number of benzene rings is 1. The van der Waals surface area contributed by atoms with Crippen molar-refractivity contribution in [2.75, 3.05) is 13.2 Å². The largest absolute Gasteiger partial charge is 0.494 e. The van der Waals surface area contributed by atoms with Crippen molar-refractivity contribution in [2.45, 2.75) is 52.1 Å². The zero-order valence-electron chi connectivity index (χ0n) is 12.4. The molecule has 108 valence electrons. The van der Waals surface area contributed by atoms with Crippen LogP contribution in [0.3, 0.4) is 0 Å². The molecule has 1 aromatic rings. The van der Waals surface area contributed by atoms with Crippen molar-refractivity contribution >= 4 is 0 Å². The fourth-order valence-electron chi connectivity index (χ4n) is 2.36. The highest BCUT2D eigenvalue weighted by Crippen LogP contribution is 2.33. The van der Waals surface area contributed by atoms with E-state index in [-0.39, 0.29) is 0 Å². The average molecular weight is 265 g/mol. The first-order valence-electron chi connectivity index (χ1n) is 7.29. The standard InChI is InChI=1S/C16H27NO2/c1-4-12-7-8-16(19-6-3)15(9-12)13(5-2)10-14(18)11-17/h7-9,13-14,18H,4-6,10-11,17H2,1-3H3. The van der Waals surface area contributed by atoms with Crippen LogP contribution in [-0.4, -0.2) is 24.4 Å². The highest BCUT2D eigenvalue weighted by atomic mass is 16.5. The molecule has 0 aliphatic heterocycles. The van der Waals surface area contributed by atoms with Crippen LogP contribution in [0.5, 0.6) is 5.75 Å². The summed E-state index contributed by atoms with van der Waals surface area (Å²) in [6.07, 6.45) is 2.24. The first-order chi connectivity index (χ1) is 9.15. The molecule has 0 aromatic heterocycles. The molecule has 0 amide bonds. The van der Waals surface area contributed by atoms with Gasteiger partial charge in [-0.1, -0.05) is 26.0 Å². The molecule has 0 radical (unpaired) electrons. The third kappa shape index (κ3) is 4.51. The molecule has 3 heteroatoms. The van der Waals surface area contributed by atoms with Crippen molar-refractivity contribution in [1.29, 1.82) is 0 Å². The Morgan fingerprint density at radius 1 is 1.26 bits per heavy atom. The van der Waals surface area contributed by atoms with E-state index in [0.29, 0.717) is 25.5 Å². The van der Waals surface area contributed by atoms with E-state index in [4.69, 9.17) is 10.5 Å². The summed E-state index contributed by atoms with van der Waals surface area (Å²) in [5, 5.41) is 9.80. The van der Waals surface area contributed by atoms with Gasteiger partial charge in [0.1, 0.15) is 5.75 Å².